The van der Waals surface area contributed by atoms with Crippen LogP contribution in [-0.4, -0.2) is 12.8 Å². The predicted molar refractivity (Wildman–Crippen MR) is 60.6 cm³/mol. The van der Waals surface area contributed by atoms with Gasteiger partial charge in [-0.05, 0) is 32.4 Å². The molecule has 0 radical (unpaired) electrons. The van der Waals surface area contributed by atoms with Gasteiger partial charge in [-0.1, -0.05) is 18.2 Å². The smallest absolute Gasteiger partial charge is 0.229 e. The van der Waals surface area contributed by atoms with Crippen molar-refractivity contribution < 1.29 is 9.09 Å². The van der Waals surface area contributed by atoms with Crippen LogP contribution in [0.4, 0.5) is 0 Å². The van der Waals surface area contributed by atoms with Gasteiger partial charge >= 0.3 is 0 Å². The van der Waals surface area contributed by atoms with E-state index in [9.17, 15) is 4.57 Å². The summed E-state index contributed by atoms with van der Waals surface area (Å²) in [6.45, 7) is 7.42. The molecule has 0 aromatic heterocycles. The normalized spacial score (nSPS) is 15.5. The highest BCUT2D eigenvalue weighted by Gasteiger charge is 2.22. The van der Waals surface area contributed by atoms with Crippen molar-refractivity contribution in [2.75, 3.05) is 6.66 Å². The second-order valence-electron chi connectivity index (χ2n) is 3.79. The van der Waals surface area contributed by atoms with Crippen LogP contribution in [0.2, 0.25) is 0 Å². The van der Waals surface area contributed by atoms with E-state index in [0.717, 1.165) is 10.9 Å². The summed E-state index contributed by atoms with van der Waals surface area (Å²) in [7, 11) is -2.64. The van der Waals surface area contributed by atoms with Gasteiger partial charge in [0.05, 0.1) is 6.10 Å². The molecule has 0 bridgehead atoms. The lowest BCUT2D eigenvalue weighted by Crippen LogP contribution is -2.13. The first-order valence-corrected chi connectivity index (χ1v) is 6.83. The van der Waals surface area contributed by atoms with Crippen molar-refractivity contribution in [1.82, 2.24) is 0 Å². The van der Waals surface area contributed by atoms with Crippen molar-refractivity contribution in [2.24, 2.45) is 0 Å². The van der Waals surface area contributed by atoms with E-state index in [0.29, 0.717) is 0 Å². The summed E-state index contributed by atoms with van der Waals surface area (Å²) < 4.78 is 17.7. The van der Waals surface area contributed by atoms with Crippen molar-refractivity contribution in [3.8, 4) is 0 Å². The molecule has 0 amide bonds. The molecule has 1 atom stereocenters. The molecule has 0 N–H and O–H groups in total. The first-order valence-electron chi connectivity index (χ1n) is 4.75. The average Bonchev–Trinajstić information content (AvgIpc) is 2.02. The predicted octanol–water partition coefficient (Wildman–Crippen LogP) is 2.95. The Hall–Kier alpha value is -0.590. The first-order chi connectivity index (χ1) is 6.43. The van der Waals surface area contributed by atoms with E-state index in [1.165, 1.54) is 0 Å². The number of aryl methyl sites for hydroxylation is 1. The topological polar surface area (TPSA) is 26.3 Å². The second-order valence-corrected chi connectivity index (χ2v) is 6.17. The number of hydrogen-bond acceptors (Lipinski definition) is 2. The van der Waals surface area contributed by atoms with Crippen LogP contribution in [-0.2, 0) is 9.09 Å². The Bertz CT molecular complexity index is 358. The van der Waals surface area contributed by atoms with Crippen molar-refractivity contribution in [3.63, 3.8) is 0 Å². The van der Waals surface area contributed by atoms with Gasteiger partial charge in [-0.2, -0.15) is 0 Å². The lowest BCUT2D eigenvalue weighted by molar-refractivity contribution is 0.251. The Labute approximate surface area is 85.7 Å². The standard InChI is InChI=1S/C11H17O2P/c1-9(2)13-14(4,12)11-8-6-5-7-10(11)3/h5-9H,1-4H3. The summed E-state index contributed by atoms with van der Waals surface area (Å²) in [4.78, 5) is 0. The van der Waals surface area contributed by atoms with Crippen LogP contribution in [0.15, 0.2) is 24.3 Å². The molecule has 0 aliphatic carbocycles. The largest absolute Gasteiger partial charge is 0.323 e. The molecule has 14 heavy (non-hydrogen) atoms. The monoisotopic (exact) mass is 212 g/mol. The quantitative estimate of drug-likeness (QED) is 0.720. The van der Waals surface area contributed by atoms with Crippen molar-refractivity contribution in [3.05, 3.63) is 29.8 Å². The van der Waals surface area contributed by atoms with E-state index < -0.39 is 7.37 Å². The third-order valence-corrected chi connectivity index (χ3v) is 4.17. The fraction of sp³-hybridized carbons (Fsp3) is 0.455. The summed E-state index contributed by atoms with van der Waals surface area (Å²) in [6.07, 6.45) is -0.00885. The summed E-state index contributed by atoms with van der Waals surface area (Å²) in [6, 6.07) is 7.66. The minimum atomic E-state index is -2.64. The van der Waals surface area contributed by atoms with Crippen molar-refractivity contribution >= 4 is 12.7 Å². The molecular weight excluding hydrogens is 195 g/mol. The highest BCUT2D eigenvalue weighted by molar-refractivity contribution is 7.66. The van der Waals surface area contributed by atoms with Crippen molar-refractivity contribution in [1.29, 1.82) is 0 Å². The SMILES string of the molecule is Cc1ccccc1P(C)(=O)OC(C)C. The van der Waals surface area contributed by atoms with Gasteiger partial charge in [0.25, 0.3) is 0 Å². The first kappa shape index (κ1) is 11.5. The van der Waals surface area contributed by atoms with E-state index in [1.807, 2.05) is 45.0 Å². The van der Waals surface area contributed by atoms with Crippen LogP contribution in [0.1, 0.15) is 19.4 Å². The van der Waals surface area contributed by atoms with Gasteiger partial charge < -0.3 is 4.52 Å². The molecule has 1 unspecified atom stereocenters. The van der Waals surface area contributed by atoms with Gasteiger partial charge in [0.1, 0.15) is 0 Å². The molecule has 0 aliphatic heterocycles. The van der Waals surface area contributed by atoms with Gasteiger partial charge in [0.15, 0.2) is 0 Å². The van der Waals surface area contributed by atoms with E-state index >= 15 is 0 Å². The van der Waals surface area contributed by atoms with Crippen molar-refractivity contribution in [2.45, 2.75) is 26.9 Å². The van der Waals surface area contributed by atoms with E-state index in [1.54, 1.807) is 6.66 Å². The molecule has 0 aliphatic rings. The van der Waals surface area contributed by atoms with Crippen LogP contribution in [0.3, 0.4) is 0 Å². The number of rotatable bonds is 3. The zero-order valence-corrected chi connectivity index (χ0v) is 10.0. The molecule has 0 spiro atoms. The van der Waals surface area contributed by atoms with Crippen LogP contribution in [0.5, 0.6) is 0 Å². The molecule has 0 saturated heterocycles. The maximum atomic E-state index is 12.2. The third kappa shape index (κ3) is 2.70. The maximum Gasteiger partial charge on any atom is 0.229 e. The fourth-order valence-corrected chi connectivity index (χ4v) is 3.47. The Balaban J connectivity index is 3.04. The molecular formula is C11H17O2P. The van der Waals surface area contributed by atoms with Crippen LogP contribution in [0, 0.1) is 6.92 Å². The highest BCUT2D eigenvalue weighted by Crippen LogP contribution is 2.43. The van der Waals surface area contributed by atoms with Crippen LogP contribution in [0.25, 0.3) is 0 Å². The minimum absolute atomic E-state index is 0.00885. The molecule has 1 aromatic rings. The molecule has 0 heterocycles. The van der Waals surface area contributed by atoms with E-state index in [-0.39, 0.29) is 6.10 Å². The third-order valence-electron chi connectivity index (χ3n) is 1.97. The van der Waals surface area contributed by atoms with Gasteiger partial charge in [0.2, 0.25) is 7.37 Å². The summed E-state index contributed by atoms with van der Waals surface area (Å²) >= 11 is 0. The Morgan fingerprint density at radius 2 is 1.86 bits per heavy atom. The lowest BCUT2D eigenvalue weighted by atomic mass is 10.2. The van der Waals surface area contributed by atoms with Crippen LogP contribution < -0.4 is 5.30 Å². The Morgan fingerprint density at radius 1 is 1.29 bits per heavy atom. The fourth-order valence-electron chi connectivity index (χ4n) is 1.48. The average molecular weight is 212 g/mol. The van der Waals surface area contributed by atoms with E-state index in [4.69, 9.17) is 4.52 Å². The summed E-state index contributed by atoms with van der Waals surface area (Å²) in [5, 5.41) is 0.828. The van der Waals surface area contributed by atoms with Gasteiger partial charge in [0, 0.05) is 12.0 Å². The van der Waals surface area contributed by atoms with Gasteiger partial charge in [-0.25, -0.2) is 0 Å². The minimum Gasteiger partial charge on any atom is -0.323 e. The molecule has 0 saturated carbocycles. The highest BCUT2D eigenvalue weighted by atomic mass is 31.2. The molecule has 1 aromatic carbocycles. The molecule has 2 nitrogen and oxygen atoms in total. The van der Waals surface area contributed by atoms with Crippen LogP contribution >= 0.6 is 7.37 Å². The maximum absolute atomic E-state index is 12.2. The number of hydrogen-bond donors (Lipinski definition) is 0. The summed E-state index contributed by atoms with van der Waals surface area (Å²) in [5.74, 6) is 0. The summed E-state index contributed by atoms with van der Waals surface area (Å²) in [5.41, 5.74) is 1.03. The second kappa shape index (κ2) is 4.29. The number of benzene rings is 1. The molecule has 3 heteroatoms. The molecule has 0 fully saturated rings. The molecule has 78 valence electrons. The Kier molecular flexibility index (Phi) is 3.52. The van der Waals surface area contributed by atoms with E-state index in [2.05, 4.69) is 0 Å². The Morgan fingerprint density at radius 3 is 2.36 bits per heavy atom. The van der Waals surface area contributed by atoms with Gasteiger partial charge in [-0.15, -0.1) is 0 Å². The molecule has 1 rings (SSSR count). The van der Waals surface area contributed by atoms with Gasteiger partial charge in [-0.3, -0.25) is 4.57 Å². The zero-order chi connectivity index (χ0) is 10.8. The lowest BCUT2D eigenvalue weighted by Gasteiger charge is -2.18. The zero-order valence-electron chi connectivity index (χ0n) is 9.15.